The maximum absolute atomic E-state index is 11.5. The summed E-state index contributed by atoms with van der Waals surface area (Å²) < 4.78 is 28.4. The van der Waals surface area contributed by atoms with E-state index >= 15 is 0 Å². The van der Waals surface area contributed by atoms with Gasteiger partial charge in [0.05, 0.1) is 6.61 Å². The van der Waals surface area contributed by atoms with Gasteiger partial charge in [-0.1, -0.05) is 0 Å². The molecule has 2 fully saturated rings. The van der Waals surface area contributed by atoms with Crippen LogP contribution in [-0.4, -0.2) is 124 Å². The summed E-state index contributed by atoms with van der Waals surface area (Å²) in [5.41, 5.74) is 0.797. The summed E-state index contributed by atoms with van der Waals surface area (Å²) in [5.74, 6) is -2.31. The highest BCUT2D eigenvalue weighted by Crippen LogP contribution is 2.50. The summed E-state index contributed by atoms with van der Waals surface area (Å²) in [6, 6.07) is 2.77. The summed E-state index contributed by atoms with van der Waals surface area (Å²) in [7, 11) is 4.01. The van der Waals surface area contributed by atoms with Crippen LogP contribution in [0, 0.1) is 0 Å². The molecular weight excluding hydrogens is 602 g/mol. The highest BCUT2D eigenvalue weighted by molar-refractivity contribution is 6.06. The minimum absolute atomic E-state index is 0. The zero-order valence-corrected chi connectivity index (χ0v) is 25.7. The Bertz CT molecular complexity index is 1360. The summed E-state index contributed by atoms with van der Waals surface area (Å²) in [6.45, 7) is 4.57. The number of allylic oxidation sites excluding steroid dienone is 2. The highest BCUT2D eigenvalue weighted by atomic mass is 35.5. The number of aromatic hydroxyl groups is 2. The molecule has 0 spiro atoms. The maximum Gasteiger partial charge on any atom is 0.224 e. The number of rotatable bonds is 7. The Labute approximate surface area is 261 Å². The third-order valence-electron chi connectivity index (χ3n) is 7.89. The Kier molecular flexibility index (Phi) is 10.1. The summed E-state index contributed by atoms with van der Waals surface area (Å²) in [6.07, 6.45) is 0.726. The standard InChI is InChI=1S/C16H12O6.C14H27NO6.ClH/c17-10-2-1-8-13-9-4-12(19)11(18)3-7(9)5-16(13,21)6-22-15(8)14(10)20;1-14(2)20-12-11(18-7-5-6-15(3)4)10(9(17)8-16)19-13(12)21-14;/h1-4,18-21H,5-6H2;9-13,16-17H,5-8H2,1-4H3;1H. The first-order valence-electron chi connectivity index (χ1n) is 14.1. The fourth-order valence-electron chi connectivity index (χ4n) is 5.97. The van der Waals surface area contributed by atoms with E-state index in [-0.39, 0.29) is 55.4 Å². The molecule has 0 saturated carbocycles. The van der Waals surface area contributed by atoms with Crippen molar-refractivity contribution in [1.29, 1.82) is 0 Å². The highest BCUT2D eigenvalue weighted by Gasteiger charge is 2.57. The zero-order chi connectivity index (χ0) is 31.3. The predicted molar refractivity (Wildman–Crippen MR) is 157 cm³/mol. The molecule has 3 aliphatic heterocycles. The Morgan fingerprint density at radius 3 is 2.50 bits per heavy atom. The van der Waals surface area contributed by atoms with E-state index in [1.165, 1.54) is 24.3 Å². The molecule has 0 aromatic heterocycles. The normalized spacial score (nSPS) is 30.1. The number of ether oxygens (including phenoxy) is 5. The van der Waals surface area contributed by atoms with Crippen LogP contribution in [0.15, 0.2) is 41.4 Å². The van der Waals surface area contributed by atoms with Gasteiger partial charge in [-0.2, -0.15) is 0 Å². The Morgan fingerprint density at radius 2 is 1.82 bits per heavy atom. The lowest BCUT2D eigenvalue weighted by molar-refractivity contribution is -0.231. The summed E-state index contributed by atoms with van der Waals surface area (Å²) in [5, 5.41) is 59.1. The van der Waals surface area contributed by atoms with E-state index in [4.69, 9.17) is 28.8 Å². The van der Waals surface area contributed by atoms with Crippen molar-refractivity contribution in [3.63, 3.8) is 0 Å². The van der Waals surface area contributed by atoms with E-state index in [1.54, 1.807) is 0 Å². The fourth-order valence-corrected chi connectivity index (χ4v) is 5.97. The number of aliphatic hydroxyl groups is 4. The molecule has 0 radical (unpaired) electrons. The molecule has 14 heteroatoms. The van der Waals surface area contributed by atoms with Crippen molar-refractivity contribution >= 4 is 23.8 Å². The number of hydrogen-bond acceptors (Lipinski definition) is 13. The SMILES string of the molecule is CN(C)CCCOC1C(C(O)CO)OC2OC(C)(C)OC21.Cl.O=C1C=CC2=C3c4cc(O)c(O)cc4CC3(O)COC2=C1O. The monoisotopic (exact) mass is 641 g/mol. The molecule has 6 unspecified atom stereocenters. The van der Waals surface area contributed by atoms with Crippen LogP contribution >= 0.6 is 12.4 Å². The molecule has 6 rings (SSSR count). The molecule has 1 aromatic rings. The molecule has 244 valence electrons. The van der Waals surface area contributed by atoms with E-state index in [9.17, 15) is 30.3 Å². The van der Waals surface area contributed by atoms with Gasteiger partial charge in [-0.05, 0) is 76.3 Å². The van der Waals surface area contributed by atoms with Crippen molar-refractivity contribution in [2.24, 2.45) is 0 Å². The molecule has 6 N–H and O–H groups in total. The zero-order valence-electron chi connectivity index (χ0n) is 24.9. The number of carbonyl (C=O) groups is 1. The number of benzene rings is 1. The molecular formula is C30H40ClNO12. The van der Waals surface area contributed by atoms with Gasteiger partial charge in [0.2, 0.25) is 11.5 Å². The van der Waals surface area contributed by atoms with Crippen LogP contribution in [-0.2, 0) is 34.9 Å². The van der Waals surface area contributed by atoms with E-state index in [1.807, 2.05) is 27.9 Å². The first-order chi connectivity index (χ1) is 20.2. The van der Waals surface area contributed by atoms with Crippen molar-refractivity contribution in [3.8, 4) is 11.5 Å². The van der Waals surface area contributed by atoms with Crippen LogP contribution in [0.4, 0.5) is 0 Å². The van der Waals surface area contributed by atoms with Gasteiger partial charge in [0.25, 0.3) is 0 Å². The smallest absolute Gasteiger partial charge is 0.224 e. The van der Waals surface area contributed by atoms with Crippen LogP contribution < -0.4 is 0 Å². The number of aliphatic hydroxyl groups excluding tert-OH is 3. The lowest BCUT2D eigenvalue weighted by Gasteiger charge is -2.33. The third-order valence-corrected chi connectivity index (χ3v) is 7.89. The number of phenols is 2. The van der Waals surface area contributed by atoms with Crippen LogP contribution in [0.2, 0.25) is 0 Å². The third kappa shape index (κ3) is 6.48. The van der Waals surface area contributed by atoms with Gasteiger partial charge in [-0.3, -0.25) is 4.79 Å². The van der Waals surface area contributed by atoms with Gasteiger partial charge in [-0.15, -0.1) is 12.4 Å². The summed E-state index contributed by atoms with van der Waals surface area (Å²) in [4.78, 5) is 13.6. The van der Waals surface area contributed by atoms with Crippen LogP contribution in [0.3, 0.4) is 0 Å². The van der Waals surface area contributed by atoms with Crippen molar-refractivity contribution in [2.75, 3.05) is 40.5 Å². The average Bonchev–Trinajstić information content (AvgIpc) is 3.53. The second kappa shape index (κ2) is 12.9. The maximum atomic E-state index is 11.5. The molecule has 3 heterocycles. The molecule has 0 amide bonds. The number of fused-ring (bicyclic) bond motifs is 5. The van der Waals surface area contributed by atoms with Gasteiger partial charge in [0, 0.05) is 24.2 Å². The van der Waals surface area contributed by atoms with Gasteiger partial charge >= 0.3 is 0 Å². The fraction of sp³-hybridized carbons (Fsp3) is 0.567. The molecule has 2 saturated heterocycles. The van der Waals surface area contributed by atoms with Crippen LogP contribution in [0.1, 0.15) is 31.4 Å². The van der Waals surface area contributed by atoms with Crippen molar-refractivity contribution in [3.05, 3.63) is 52.5 Å². The Balaban J connectivity index is 0.000000197. The second-order valence-corrected chi connectivity index (χ2v) is 12.0. The Morgan fingerprint density at radius 1 is 1.11 bits per heavy atom. The molecule has 1 aromatic carbocycles. The van der Waals surface area contributed by atoms with E-state index < -0.39 is 47.5 Å². The average molecular weight is 642 g/mol. The number of halogens is 1. The summed E-state index contributed by atoms with van der Waals surface area (Å²) >= 11 is 0. The van der Waals surface area contributed by atoms with E-state index in [0.29, 0.717) is 28.9 Å². The van der Waals surface area contributed by atoms with Gasteiger partial charge in [-0.25, -0.2) is 0 Å². The molecule has 0 bridgehead atoms. The van der Waals surface area contributed by atoms with Crippen LogP contribution in [0.25, 0.3) is 5.57 Å². The topological polar surface area (TPSA) is 188 Å². The lowest BCUT2D eigenvalue weighted by atomic mass is 9.85. The van der Waals surface area contributed by atoms with Gasteiger partial charge < -0.3 is 59.2 Å². The minimum atomic E-state index is -1.33. The number of ketones is 1. The second-order valence-electron chi connectivity index (χ2n) is 12.0. The van der Waals surface area contributed by atoms with Crippen molar-refractivity contribution < 1.29 is 59.1 Å². The van der Waals surface area contributed by atoms with Crippen LogP contribution in [0.5, 0.6) is 11.5 Å². The molecule has 44 heavy (non-hydrogen) atoms. The number of carbonyl (C=O) groups excluding carboxylic acids is 1. The lowest BCUT2D eigenvalue weighted by Crippen LogP contribution is -2.44. The Hall–Kier alpha value is -2.72. The van der Waals surface area contributed by atoms with Crippen molar-refractivity contribution in [2.45, 2.75) is 68.8 Å². The van der Waals surface area contributed by atoms with Gasteiger partial charge in [0.1, 0.15) is 36.6 Å². The quantitative estimate of drug-likeness (QED) is 0.183. The van der Waals surface area contributed by atoms with Gasteiger partial charge in [0.15, 0.2) is 29.3 Å². The number of hydrogen-bond donors (Lipinski definition) is 6. The number of phenolic OH excluding ortho intramolecular Hbond substituents is 2. The first-order valence-corrected chi connectivity index (χ1v) is 14.1. The first kappa shape index (κ1) is 34.2. The molecule has 6 atom stereocenters. The predicted octanol–water partition coefficient (Wildman–Crippen LogP) is 1.05. The molecule has 5 aliphatic rings. The molecule has 13 nitrogen and oxygen atoms in total. The largest absolute Gasteiger partial charge is 0.504 e. The minimum Gasteiger partial charge on any atom is -0.504 e. The molecule has 2 aliphatic carbocycles. The van der Waals surface area contributed by atoms with E-state index in [2.05, 4.69) is 4.90 Å². The van der Waals surface area contributed by atoms with Crippen molar-refractivity contribution in [1.82, 2.24) is 4.90 Å². The van der Waals surface area contributed by atoms with E-state index in [0.717, 1.165) is 13.0 Å². The number of nitrogens with zero attached hydrogens (tertiary/aromatic N) is 1.